The van der Waals surface area contributed by atoms with E-state index in [2.05, 4.69) is 18.7 Å². The maximum Gasteiger partial charge on any atom is 0.491 e. The summed E-state index contributed by atoms with van der Waals surface area (Å²) in [4.78, 5) is 2.42. The molecule has 1 saturated carbocycles. The van der Waals surface area contributed by atoms with Gasteiger partial charge in [0, 0.05) is 18.0 Å². The molecule has 2 N–H and O–H groups in total. The highest BCUT2D eigenvalue weighted by Crippen LogP contribution is 2.28. The molecule has 110 valence electrons. The molecule has 0 atom stereocenters. The molecule has 0 aliphatic heterocycles. The molecule has 0 unspecified atom stereocenters. The minimum Gasteiger partial charge on any atom is -0.423 e. The Bertz CT molecular complexity index is 449. The third kappa shape index (κ3) is 4.30. The molecular weight excluding hydrogens is 256 g/mol. The Morgan fingerprint density at radius 2 is 2.05 bits per heavy atom. The molecule has 0 saturated heterocycles. The Balaban J connectivity index is 2.04. The Hall–Kier alpha value is -0.905. The van der Waals surface area contributed by atoms with E-state index in [1.54, 1.807) is 12.1 Å². The summed E-state index contributed by atoms with van der Waals surface area (Å²) in [5.41, 5.74) is 0.896. The van der Waals surface area contributed by atoms with Crippen molar-refractivity contribution in [3.63, 3.8) is 0 Å². The van der Waals surface area contributed by atoms with E-state index in [-0.39, 0.29) is 5.46 Å². The van der Waals surface area contributed by atoms with Crippen molar-refractivity contribution in [2.24, 2.45) is 5.92 Å². The van der Waals surface area contributed by atoms with Crippen LogP contribution in [-0.2, 0) is 6.54 Å². The largest absolute Gasteiger partial charge is 0.491 e. The van der Waals surface area contributed by atoms with Crippen LogP contribution in [0.15, 0.2) is 18.2 Å². The Morgan fingerprint density at radius 3 is 2.60 bits per heavy atom. The van der Waals surface area contributed by atoms with Gasteiger partial charge < -0.3 is 10.0 Å². The highest BCUT2D eigenvalue weighted by molar-refractivity contribution is 6.58. The molecule has 1 aromatic rings. The summed E-state index contributed by atoms with van der Waals surface area (Å²) in [6.07, 6.45) is 3.61. The first-order valence-corrected chi connectivity index (χ1v) is 7.36. The summed E-state index contributed by atoms with van der Waals surface area (Å²) in [6.45, 7) is 6.21. The van der Waals surface area contributed by atoms with Crippen LogP contribution in [0.1, 0.15) is 38.7 Å². The van der Waals surface area contributed by atoms with Gasteiger partial charge in [0.1, 0.15) is 5.82 Å². The van der Waals surface area contributed by atoms with Crippen molar-refractivity contribution in [2.75, 3.05) is 6.54 Å². The van der Waals surface area contributed by atoms with Crippen molar-refractivity contribution in [2.45, 2.75) is 45.7 Å². The molecule has 2 rings (SSSR count). The monoisotopic (exact) mass is 279 g/mol. The second kappa shape index (κ2) is 6.70. The molecule has 0 amide bonds. The van der Waals surface area contributed by atoms with Gasteiger partial charge in [0.05, 0.1) is 0 Å². The lowest BCUT2D eigenvalue weighted by Crippen LogP contribution is -2.34. The van der Waals surface area contributed by atoms with Crippen LogP contribution in [0, 0.1) is 11.7 Å². The Labute approximate surface area is 120 Å². The van der Waals surface area contributed by atoms with Gasteiger partial charge in [0.2, 0.25) is 0 Å². The van der Waals surface area contributed by atoms with Gasteiger partial charge in [-0.1, -0.05) is 26.0 Å². The third-order valence-electron chi connectivity index (χ3n) is 3.78. The Kier molecular flexibility index (Phi) is 5.19. The molecule has 5 heteroatoms. The zero-order valence-corrected chi connectivity index (χ0v) is 12.2. The van der Waals surface area contributed by atoms with Crippen LogP contribution in [0.3, 0.4) is 0 Å². The average molecular weight is 279 g/mol. The Morgan fingerprint density at radius 1 is 1.35 bits per heavy atom. The van der Waals surface area contributed by atoms with Crippen molar-refractivity contribution in [1.82, 2.24) is 4.90 Å². The second-order valence-corrected chi connectivity index (χ2v) is 6.11. The number of benzene rings is 1. The standard InChI is InChI=1S/C15H23BFNO2/c1-11(2)7-8-18(13-4-5-13)10-12-3-6-15(17)14(9-12)16(19)20/h3,6,9,11,13,19-20H,4-5,7-8,10H2,1-2H3. The van der Waals surface area contributed by atoms with Crippen LogP contribution in [0.25, 0.3) is 0 Å². The van der Waals surface area contributed by atoms with Gasteiger partial charge in [-0.2, -0.15) is 0 Å². The molecule has 0 spiro atoms. The number of nitrogens with zero attached hydrogens (tertiary/aromatic N) is 1. The average Bonchev–Trinajstić information content (AvgIpc) is 3.20. The molecular formula is C15H23BFNO2. The lowest BCUT2D eigenvalue weighted by Gasteiger charge is -2.23. The third-order valence-corrected chi connectivity index (χ3v) is 3.78. The highest BCUT2D eigenvalue weighted by Gasteiger charge is 2.29. The molecule has 1 aromatic carbocycles. The summed E-state index contributed by atoms with van der Waals surface area (Å²) in [6, 6.07) is 5.25. The van der Waals surface area contributed by atoms with Gasteiger partial charge in [-0.15, -0.1) is 0 Å². The predicted octanol–water partition coefficient (Wildman–Crippen LogP) is 1.52. The predicted molar refractivity (Wildman–Crippen MR) is 79.1 cm³/mol. The van der Waals surface area contributed by atoms with Crippen molar-refractivity contribution >= 4 is 12.6 Å². The van der Waals surface area contributed by atoms with E-state index in [1.807, 2.05) is 0 Å². The van der Waals surface area contributed by atoms with Crippen LogP contribution >= 0.6 is 0 Å². The van der Waals surface area contributed by atoms with E-state index in [0.717, 1.165) is 25.1 Å². The molecule has 0 aromatic heterocycles. The van der Waals surface area contributed by atoms with Crippen LogP contribution in [0.2, 0.25) is 0 Å². The molecule has 0 bridgehead atoms. The fourth-order valence-electron chi connectivity index (χ4n) is 2.38. The molecule has 20 heavy (non-hydrogen) atoms. The zero-order valence-electron chi connectivity index (χ0n) is 12.2. The normalized spacial score (nSPS) is 15.2. The van der Waals surface area contributed by atoms with Crippen molar-refractivity contribution < 1.29 is 14.4 Å². The lowest BCUT2D eigenvalue weighted by atomic mass is 9.79. The van der Waals surface area contributed by atoms with E-state index < -0.39 is 12.9 Å². The molecule has 0 radical (unpaired) electrons. The molecule has 3 nitrogen and oxygen atoms in total. The minimum atomic E-state index is -1.75. The summed E-state index contributed by atoms with van der Waals surface area (Å²) < 4.78 is 13.4. The first kappa shape index (κ1) is 15.5. The van der Waals surface area contributed by atoms with Gasteiger partial charge in [-0.25, -0.2) is 4.39 Å². The maximum atomic E-state index is 13.4. The lowest BCUT2D eigenvalue weighted by molar-refractivity contribution is 0.239. The van der Waals surface area contributed by atoms with Crippen LogP contribution < -0.4 is 5.46 Å². The fourth-order valence-corrected chi connectivity index (χ4v) is 2.38. The summed E-state index contributed by atoms with van der Waals surface area (Å²) in [5, 5.41) is 18.3. The quantitative estimate of drug-likeness (QED) is 0.744. The van der Waals surface area contributed by atoms with Gasteiger partial charge >= 0.3 is 7.12 Å². The van der Waals surface area contributed by atoms with Crippen LogP contribution in [0.5, 0.6) is 0 Å². The number of halogens is 1. The summed E-state index contributed by atoms with van der Waals surface area (Å²) >= 11 is 0. The van der Waals surface area contributed by atoms with Crippen molar-refractivity contribution in [3.05, 3.63) is 29.6 Å². The SMILES string of the molecule is CC(C)CCN(Cc1ccc(F)c(B(O)O)c1)C1CC1. The van der Waals surface area contributed by atoms with Gasteiger partial charge in [0.15, 0.2) is 0 Å². The number of rotatable bonds is 7. The van der Waals surface area contributed by atoms with Gasteiger partial charge in [-0.05, 0) is 43.4 Å². The number of hydrogen-bond donors (Lipinski definition) is 2. The zero-order chi connectivity index (χ0) is 14.7. The minimum absolute atomic E-state index is 0.0397. The second-order valence-electron chi connectivity index (χ2n) is 6.11. The van der Waals surface area contributed by atoms with E-state index in [0.29, 0.717) is 12.0 Å². The molecule has 1 aliphatic rings. The van der Waals surface area contributed by atoms with E-state index >= 15 is 0 Å². The van der Waals surface area contributed by atoms with Crippen molar-refractivity contribution in [3.8, 4) is 0 Å². The first-order valence-electron chi connectivity index (χ1n) is 7.36. The molecule has 1 fully saturated rings. The molecule has 1 aliphatic carbocycles. The topological polar surface area (TPSA) is 43.7 Å². The van der Waals surface area contributed by atoms with Gasteiger partial charge in [0.25, 0.3) is 0 Å². The van der Waals surface area contributed by atoms with Gasteiger partial charge in [-0.3, -0.25) is 4.90 Å². The molecule has 0 heterocycles. The van der Waals surface area contributed by atoms with Crippen LogP contribution in [0.4, 0.5) is 4.39 Å². The number of hydrogen-bond acceptors (Lipinski definition) is 3. The smallest absolute Gasteiger partial charge is 0.423 e. The fraction of sp³-hybridized carbons (Fsp3) is 0.600. The highest BCUT2D eigenvalue weighted by atomic mass is 19.1. The van der Waals surface area contributed by atoms with E-state index in [9.17, 15) is 4.39 Å². The van der Waals surface area contributed by atoms with E-state index in [4.69, 9.17) is 10.0 Å². The summed E-state index contributed by atoms with van der Waals surface area (Å²) in [7, 11) is -1.75. The summed E-state index contributed by atoms with van der Waals surface area (Å²) in [5.74, 6) is 0.100. The van der Waals surface area contributed by atoms with Crippen molar-refractivity contribution in [1.29, 1.82) is 0 Å². The first-order chi connectivity index (χ1) is 9.47. The van der Waals surface area contributed by atoms with E-state index in [1.165, 1.54) is 18.9 Å². The maximum absolute atomic E-state index is 13.4. The van der Waals surface area contributed by atoms with Crippen LogP contribution in [-0.4, -0.2) is 34.7 Å².